The summed E-state index contributed by atoms with van der Waals surface area (Å²) in [6.07, 6.45) is 0. The van der Waals surface area contributed by atoms with Gasteiger partial charge in [0.2, 0.25) is 0 Å². The summed E-state index contributed by atoms with van der Waals surface area (Å²) in [5.74, 6) is -0.0595. The molecule has 0 saturated heterocycles. The lowest BCUT2D eigenvalue weighted by molar-refractivity contribution is 0.0696. The van der Waals surface area contributed by atoms with Crippen molar-refractivity contribution < 1.29 is 14.6 Å². The molecular weight excluding hydrogens is 302 g/mol. The summed E-state index contributed by atoms with van der Waals surface area (Å²) < 4.78 is 6.07. The highest BCUT2D eigenvalue weighted by Crippen LogP contribution is 2.31. The number of rotatable bonds is 6. The van der Waals surface area contributed by atoms with E-state index in [1.54, 1.807) is 12.1 Å². The van der Waals surface area contributed by atoms with Crippen molar-refractivity contribution in [2.45, 2.75) is 34.3 Å². The molecule has 2 rings (SSSR count). The molecule has 0 amide bonds. The highest BCUT2D eigenvalue weighted by Gasteiger charge is 2.12. The zero-order valence-electron chi connectivity index (χ0n) is 15.0. The van der Waals surface area contributed by atoms with Gasteiger partial charge in [0.05, 0.1) is 11.3 Å². The normalized spacial score (nSPS) is 10.5. The molecular formula is C20H25NO3. The highest BCUT2D eigenvalue weighted by molar-refractivity contribution is 5.87. The standard InChI is InChI=1S/C20H25NO3/c1-6-21(5)18-10-13(2)14(3)11-19(18)24-12-17-8-7-16(20(22)23)9-15(17)4/h7-11H,6,12H2,1-5H3,(H,22,23). The molecule has 24 heavy (non-hydrogen) atoms. The van der Waals surface area contributed by atoms with E-state index < -0.39 is 5.97 Å². The number of hydrogen-bond donors (Lipinski definition) is 1. The van der Waals surface area contributed by atoms with Gasteiger partial charge in [-0.3, -0.25) is 0 Å². The zero-order valence-corrected chi connectivity index (χ0v) is 15.0. The first-order valence-electron chi connectivity index (χ1n) is 8.11. The van der Waals surface area contributed by atoms with Crippen LogP contribution in [0.3, 0.4) is 0 Å². The highest BCUT2D eigenvalue weighted by atomic mass is 16.5. The number of benzene rings is 2. The maximum Gasteiger partial charge on any atom is 0.335 e. The molecule has 0 unspecified atom stereocenters. The summed E-state index contributed by atoms with van der Waals surface area (Å²) in [6.45, 7) is 9.49. The predicted molar refractivity (Wildman–Crippen MR) is 97.3 cm³/mol. The van der Waals surface area contributed by atoms with E-state index in [0.29, 0.717) is 12.2 Å². The minimum absolute atomic E-state index is 0.300. The quantitative estimate of drug-likeness (QED) is 0.857. The Balaban J connectivity index is 2.26. The van der Waals surface area contributed by atoms with Crippen LogP contribution in [-0.4, -0.2) is 24.7 Å². The lowest BCUT2D eigenvalue weighted by atomic mass is 10.1. The van der Waals surface area contributed by atoms with Crippen molar-refractivity contribution >= 4 is 11.7 Å². The van der Waals surface area contributed by atoms with Gasteiger partial charge < -0.3 is 14.7 Å². The smallest absolute Gasteiger partial charge is 0.335 e. The number of ether oxygens (including phenoxy) is 1. The molecule has 0 aromatic heterocycles. The fraction of sp³-hybridized carbons (Fsp3) is 0.350. The monoisotopic (exact) mass is 327 g/mol. The lowest BCUT2D eigenvalue weighted by Gasteiger charge is -2.22. The van der Waals surface area contributed by atoms with E-state index >= 15 is 0 Å². The molecule has 2 aromatic carbocycles. The van der Waals surface area contributed by atoms with Gasteiger partial charge in [0.25, 0.3) is 0 Å². The van der Waals surface area contributed by atoms with Crippen LogP contribution >= 0.6 is 0 Å². The van der Waals surface area contributed by atoms with E-state index in [4.69, 9.17) is 9.84 Å². The van der Waals surface area contributed by atoms with Crippen LogP contribution in [0, 0.1) is 20.8 Å². The first-order chi connectivity index (χ1) is 11.3. The molecule has 0 bridgehead atoms. The van der Waals surface area contributed by atoms with Crippen molar-refractivity contribution in [1.82, 2.24) is 0 Å². The Hall–Kier alpha value is -2.49. The third-order valence-electron chi connectivity index (χ3n) is 4.43. The maximum absolute atomic E-state index is 11.0. The fourth-order valence-corrected chi connectivity index (χ4v) is 2.51. The molecule has 0 fully saturated rings. The van der Waals surface area contributed by atoms with E-state index in [-0.39, 0.29) is 0 Å². The van der Waals surface area contributed by atoms with Crippen LogP contribution in [0.5, 0.6) is 5.75 Å². The molecule has 0 spiro atoms. The van der Waals surface area contributed by atoms with Gasteiger partial charge in [0, 0.05) is 13.6 Å². The van der Waals surface area contributed by atoms with Crippen molar-refractivity contribution in [2.24, 2.45) is 0 Å². The maximum atomic E-state index is 11.0. The van der Waals surface area contributed by atoms with E-state index in [1.165, 1.54) is 11.1 Å². The first kappa shape index (κ1) is 17.9. The molecule has 0 aliphatic rings. The number of aromatic carboxylic acids is 1. The number of anilines is 1. The number of nitrogens with zero attached hydrogens (tertiary/aromatic N) is 1. The molecule has 0 aliphatic heterocycles. The Morgan fingerprint density at radius 1 is 1.08 bits per heavy atom. The Kier molecular flexibility index (Phi) is 5.50. The van der Waals surface area contributed by atoms with Crippen molar-refractivity contribution in [3.8, 4) is 5.75 Å². The SMILES string of the molecule is CCN(C)c1cc(C)c(C)cc1OCc1ccc(C(=O)O)cc1C. The third-order valence-corrected chi connectivity index (χ3v) is 4.43. The molecule has 0 heterocycles. The average molecular weight is 327 g/mol. The number of aryl methyl sites for hydroxylation is 3. The molecule has 2 aromatic rings. The van der Waals surface area contributed by atoms with Crippen LogP contribution in [0.15, 0.2) is 30.3 Å². The second kappa shape index (κ2) is 7.39. The van der Waals surface area contributed by atoms with E-state index in [1.807, 2.05) is 20.0 Å². The van der Waals surface area contributed by atoms with Gasteiger partial charge >= 0.3 is 5.97 Å². The van der Waals surface area contributed by atoms with Crippen LogP contribution in [0.1, 0.15) is 39.5 Å². The second-order valence-electron chi connectivity index (χ2n) is 6.15. The second-order valence-corrected chi connectivity index (χ2v) is 6.15. The van der Waals surface area contributed by atoms with E-state index in [2.05, 4.69) is 37.8 Å². The van der Waals surface area contributed by atoms with Crippen molar-refractivity contribution in [3.63, 3.8) is 0 Å². The molecule has 0 radical (unpaired) electrons. The van der Waals surface area contributed by atoms with Gasteiger partial charge in [-0.1, -0.05) is 6.07 Å². The van der Waals surface area contributed by atoms with Crippen LogP contribution in [0.2, 0.25) is 0 Å². The van der Waals surface area contributed by atoms with Crippen molar-refractivity contribution in [1.29, 1.82) is 0 Å². The summed E-state index contributed by atoms with van der Waals surface area (Å²) >= 11 is 0. The summed E-state index contributed by atoms with van der Waals surface area (Å²) in [6, 6.07) is 9.34. The third kappa shape index (κ3) is 3.88. The topological polar surface area (TPSA) is 49.8 Å². The summed E-state index contributed by atoms with van der Waals surface area (Å²) in [7, 11) is 2.05. The fourth-order valence-electron chi connectivity index (χ4n) is 2.51. The molecule has 4 nitrogen and oxygen atoms in total. The van der Waals surface area contributed by atoms with E-state index in [9.17, 15) is 4.79 Å². The summed E-state index contributed by atoms with van der Waals surface area (Å²) in [4.78, 5) is 13.2. The minimum atomic E-state index is -0.911. The molecule has 0 aliphatic carbocycles. The van der Waals surface area contributed by atoms with Crippen LogP contribution < -0.4 is 9.64 Å². The van der Waals surface area contributed by atoms with E-state index in [0.717, 1.165) is 29.1 Å². The average Bonchev–Trinajstić information content (AvgIpc) is 2.55. The number of carbonyl (C=O) groups is 1. The largest absolute Gasteiger partial charge is 0.487 e. The minimum Gasteiger partial charge on any atom is -0.487 e. The Labute approximate surface area is 143 Å². The molecule has 4 heteroatoms. The molecule has 128 valence electrons. The lowest BCUT2D eigenvalue weighted by Crippen LogP contribution is -2.17. The van der Waals surface area contributed by atoms with Crippen LogP contribution in [0.25, 0.3) is 0 Å². The first-order valence-corrected chi connectivity index (χ1v) is 8.11. The van der Waals surface area contributed by atoms with Gasteiger partial charge in [-0.25, -0.2) is 4.79 Å². The van der Waals surface area contributed by atoms with Crippen LogP contribution in [0.4, 0.5) is 5.69 Å². The van der Waals surface area contributed by atoms with Crippen molar-refractivity contribution in [2.75, 3.05) is 18.5 Å². The zero-order chi connectivity index (χ0) is 17.9. The summed E-state index contributed by atoms with van der Waals surface area (Å²) in [5, 5.41) is 9.05. The number of hydrogen-bond acceptors (Lipinski definition) is 3. The number of carboxylic acid groups (broad SMARTS) is 1. The Bertz CT molecular complexity index is 753. The summed E-state index contributed by atoms with van der Waals surface area (Å²) in [5.41, 5.74) is 5.71. The number of carboxylic acids is 1. The Morgan fingerprint density at radius 3 is 2.33 bits per heavy atom. The van der Waals surface area contributed by atoms with Gasteiger partial charge in [0.15, 0.2) is 0 Å². The van der Waals surface area contributed by atoms with Gasteiger partial charge in [-0.05, 0) is 74.2 Å². The predicted octanol–water partition coefficient (Wildman–Crippen LogP) is 4.35. The van der Waals surface area contributed by atoms with Gasteiger partial charge in [-0.2, -0.15) is 0 Å². The molecule has 0 atom stereocenters. The molecule has 0 saturated carbocycles. The van der Waals surface area contributed by atoms with Gasteiger partial charge in [0.1, 0.15) is 12.4 Å². The van der Waals surface area contributed by atoms with Crippen molar-refractivity contribution in [3.05, 3.63) is 58.1 Å². The van der Waals surface area contributed by atoms with Gasteiger partial charge in [-0.15, -0.1) is 0 Å². The van der Waals surface area contributed by atoms with Crippen LogP contribution in [-0.2, 0) is 6.61 Å². The Morgan fingerprint density at radius 2 is 1.75 bits per heavy atom. The molecule has 1 N–H and O–H groups in total.